The van der Waals surface area contributed by atoms with Gasteiger partial charge in [-0.25, -0.2) is 4.98 Å². The first-order valence-corrected chi connectivity index (χ1v) is 6.99. The molecule has 1 N–H and O–H groups in total. The number of halogens is 2. The summed E-state index contributed by atoms with van der Waals surface area (Å²) in [6.45, 7) is 0.735. The third-order valence-electron chi connectivity index (χ3n) is 3.08. The van der Waals surface area contributed by atoms with E-state index < -0.39 is 0 Å². The molecule has 20 heavy (non-hydrogen) atoms. The van der Waals surface area contributed by atoms with Crippen LogP contribution in [0.4, 0.5) is 5.82 Å². The summed E-state index contributed by atoms with van der Waals surface area (Å²) in [6.07, 6.45) is 4.18. The minimum atomic E-state index is 0.650. The molecular weight excluding hydrogens is 295 g/mol. The number of anilines is 1. The summed E-state index contributed by atoms with van der Waals surface area (Å²) in [5.41, 5.74) is 1.88. The van der Waals surface area contributed by atoms with Gasteiger partial charge in [0.05, 0.1) is 11.6 Å². The highest BCUT2D eigenvalue weighted by atomic mass is 35.5. The lowest BCUT2D eigenvalue weighted by Gasteiger charge is -2.08. The van der Waals surface area contributed by atoms with Crippen LogP contribution in [0.5, 0.6) is 0 Å². The van der Waals surface area contributed by atoms with Crippen molar-refractivity contribution in [1.29, 1.82) is 0 Å². The van der Waals surface area contributed by atoms with Gasteiger partial charge < -0.3 is 9.73 Å². The Morgan fingerprint density at radius 3 is 2.90 bits per heavy atom. The van der Waals surface area contributed by atoms with E-state index in [9.17, 15) is 0 Å². The van der Waals surface area contributed by atoms with E-state index in [1.165, 1.54) is 0 Å². The second kappa shape index (κ2) is 5.73. The molecule has 0 unspecified atom stereocenters. The van der Waals surface area contributed by atoms with Crippen LogP contribution in [0.3, 0.4) is 0 Å². The smallest absolute Gasteiger partial charge is 0.139 e. The van der Waals surface area contributed by atoms with Gasteiger partial charge in [-0.15, -0.1) is 0 Å². The lowest BCUT2D eigenvalue weighted by molar-refractivity contribution is 0.615. The number of hydrogen-bond donors (Lipinski definition) is 1. The quantitative estimate of drug-likeness (QED) is 0.753. The van der Waals surface area contributed by atoms with E-state index in [1.807, 2.05) is 24.3 Å². The molecule has 5 heteroatoms. The molecule has 0 saturated heterocycles. The number of hydrogen-bond acceptors (Lipinski definition) is 3. The van der Waals surface area contributed by atoms with Gasteiger partial charge in [-0.05, 0) is 36.2 Å². The Kier molecular flexibility index (Phi) is 3.81. The van der Waals surface area contributed by atoms with Crippen LogP contribution in [0.1, 0.15) is 5.56 Å². The fraction of sp³-hybridized carbons (Fsp3) is 0.133. The summed E-state index contributed by atoms with van der Waals surface area (Å²) >= 11 is 12.0. The van der Waals surface area contributed by atoms with Crippen LogP contribution < -0.4 is 5.32 Å². The molecule has 2 aromatic heterocycles. The molecule has 0 aliphatic heterocycles. The van der Waals surface area contributed by atoms with E-state index in [4.69, 9.17) is 27.6 Å². The molecule has 0 fully saturated rings. The predicted molar refractivity (Wildman–Crippen MR) is 82.7 cm³/mol. The maximum atomic E-state index is 6.15. The zero-order chi connectivity index (χ0) is 13.9. The molecule has 0 aliphatic carbocycles. The molecule has 0 atom stereocenters. The number of pyridine rings is 1. The van der Waals surface area contributed by atoms with Crippen molar-refractivity contribution in [3.63, 3.8) is 0 Å². The van der Waals surface area contributed by atoms with Crippen molar-refractivity contribution < 1.29 is 4.42 Å². The van der Waals surface area contributed by atoms with E-state index in [0.717, 1.165) is 35.3 Å². The van der Waals surface area contributed by atoms with E-state index in [0.29, 0.717) is 10.0 Å². The van der Waals surface area contributed by atoms with E-state index in [2.05, 4.69) is 10.3 Å². The van der Waals surface area contributed by atoms with E-state index >= 15 is 0 Å². The molecular formula is C15H12Cl2N2O. The molecule has 0 amide bonds. The first-order valence-electron chi connectivity index (χ1n) is 6.24. The second-order valence-corrected chi connectivity index (χ2v) is 5.25. The number of aromatic nitrogens is 1. The van der Waals surface area contributed by atoms with Gasteiger partial charge in [-0.2, -0.15) is 0 Å². The van der Waals surface area contributed by atoms with Crippen molar-refractivity contribution in [3.05, 3.63) is 58.4 Å². The summed E-state index contributed by atoms with van der Waals surface area (Å²) in [6, 6.07) is 9.29. The van der Waals surface area contributed by atoms with E-state index in [1.54, 1.807) is 18.5 Å². The lowest BCUT2D eigenvalue weighted by Crippen LogP contribution is -2.06. The standard InChI is InChI=1S/C15H12Cl2N2O/c16-11-2-1-10(13(17)9-11)3-6-18-15-12-5-8-20-14(12)4-7-19-15/h1-2,4-5,7-9H,3,6H2,(H,18,19). The number of furan rings is 1. The van der Waals surface area contributed by atoms with Crippen molar-refractivity contribution in [2.45, 2.75) is 6.42 Å². The Balaban J connectivity index is 1.69. The van der Waals surface area contributed by atoms with Gasteiger partial charge in [-0.1, -0.05) is 29.3 Å². The summed E-state index contributed by atoms with van der Waals surface area (Å²) < 4.78 is 5.34. The van der Waals surface area contributed by atoms with Crippen molar-refractivity contribution in [2.24, 2.45) is 0 Å². The van der Waals surface area contributed by atoms with Crippen LogP contribution in [0.15, 0.2) is 47.2 Å². The van der Waals surface area contributed by atoms with Crippen molar-refractivity contribution in [2.75, 3.05) is 11.9 Å². The van der Waals surface area contributed by atoms with Crippen LogP contribution in [-0.4, -0.2) is 11.5 Å². The zero-order valence-corrected chi connectivity index (χ0v) is 12.1. The topological polar surface area (TPSA) is 38.1 Å². The predicted octanol–water partition coefficient (Wildman–Crippen LogP) is 4.79. The maximum absolute atomic E-state index is 6.15. The zero-order valence-electron chi connectivity index (χ0n) is 10.6. The van der Waals surface area contributed by atoms with Crippen LogP contribution in [0.25, 0.3) is 11.0 Å². The number of benzene rings is 1. The Hall–Kier alpha value is -1.71. The SMILES string of the molecule is Clc1ccc(CCNc2nccc3occc23)c(Cl)c1. The average Bonchev–Trinajstić information content (AvgIpc) is 2.90. The fourth-order valence-electron chi connectivity index (χ4n) is 2.08. The summed E-state index contributed by atoms with van der Waals surface area (Å²) in [4.78, 5) is 4.32. The maximum Gasteiger partial charge on any atom is 0.139 e. The van der Waals surface area contributed by atoms with Gasteiger partial charge in [0.1, 0.15) is 11.4 Å². The highest BCUT2D eigenvalue weighted by molar-refractivity contribution is 6.35. The Morgan fingerprint density at radius 2 is 2.05 bits per heavy atom. The number of nitrogens with one attached hydrogen (secondary N) is 1. The number of fused-ring (bicyclic) bond motifs is 1. The van der Waals surface area contributed by atoms with Crippen LogP contribution in [-0.2, 0) is 6.42 Å². The second-order valence-electron chi connectivity index (χ2n) is 4.40. The Bertz CT molecular complexity index is 740. The third kappa shape index (κ3) is 2.74. The largest absolute Gasteiger partial charge is 0.464 e. The van der Waals surface area contributed by atoms with Crippen molar-refractivity contribution in [3.8, 4) is 0 Å². The first kappa shape index (κ1) is 13.3. The molecule has 3 nitrogen and oxygen atoms in total. The molecule has 3 aromatic rings. The molecule has 1 aromatic carbocycles. The van der Waals surface area contributed by atoms with Gasteiger partial charge in [0.2, 0.25) is 0 Å². The molecule has 0 saturated carbocycles. The van der Waals surface area contributed by atoms with Gasteiger partial charge in [0.15, 0.2) is 0 Å². The van der Waals surface area contributed by atoms with Gasteiger partial charge in [0.25, 0.3) is 0 Å². The van der Waals surface area contributed by atoms with Crippen LogP contribution >= 0.6 is 23.2 Å². The van der Waals surface area contributed by atoms with Crippen molar-refractivity contribution in [1.82, 2.24) is 4.98 Å². The molecule has 0 aliphatic rings. The Labute approximate surface area is 126 Å². The Morgan fingerprint density at radius 1 is 1.15 bits per heavy atom. The van der Waals surface area contributed by atoms with Gasteiger partial charge >= 0.3 is 0 Å². The summed E-state index contributed by atoms with van der Waals surface area (Å²) in [5.74, 6) is 0.821. The first-order chi connectivity index (χ1) is 9.74. The summed E-state index contributed by atoms with van der Waals surface area (Å²) in [5, 5.41) is 5.62. The molecule has 3 rings (SSSR count). The lowest BCUT2D eigenvalue weighted by atomic mass is 10.1. The van der Waals surface area contributed by atoms with Gasteiger partial charge in [0, 0.05) is 22.8 Å². The summed E-state index contributed by atoms with van der Waals surface area (Å²) in [7, 11) is 0. The molecule has 0 bridgehead atoms. The highest BCUT2D eigenvalue weighted by Gasteiger charge is 2.05. The number of nitrogens with zero attached hydrogens (tertiary/aromatic N) is 1. The minimum absolute atomic E-state index is 0.650. The molecule has 2 heterocycles. The van der Waals surface area contributed by atoms with Crippen LogP contribution in [0.2, 0.25) is 10.0 Å². The normalized spacial score (nSPS) is 10.9. The van der Waals surface area contributed by atoms with Crippen LogP contribution in [0, 0.1) is 0 Å². The van der Waals surface area contributed by atoms with E-state index in [-0.39, 0.29) is 0 Å². The highest BCUT2D eigenvalue weighted by Crippen LogP contribution is 2.23. The fourth-order valence-corrected chi connectivity index (χ4v) is 2.58. The minimum Gasteiger partial charge on any atom is -0.464 e. The monoisotopic (exact) mass is 306 g/mol. The van der Waals surface area contributed by atoms with Gasteiger partial charge in [-0.3, -0.25) is 0 Å². The van der Waals surface area contributed by atoms with Crippen molar-refractivity contribution >= 4 is 40.0 Å². The molecule has 0 spiro atoms. The number of rotatable bonds is 4. The third-order valence-corrected chi connectivity index (χ3v) is 3.67. The average molecular weight is 307 g/mol. The molecule has 0 radical (unpaired) electrons. The molecule has 102 valence electrons.